The van der Waals surface area contributed by atoms with Crippen molar-refractivity contribution < 1.29 is 14.0 Å². The van der Waals surface area contributed by atoms with Crippen LogP contribution in [0.1, 0.15) is 33.4 Å². The Labute approximate surface area is 122 Å². The van der Waals surface area contributed by atoms with Gasteiger partial charge in [0.15, 0.2) is 11.5 Å². The zero-order valence-corrected chi connectivity index (χ0v) is 11.8. The van der Waals surface area contributed by atoms with Gasteiger partial charge in [-0.2, -0.15) is 0 Å². The Kier molecular flexibility index (Phi) is 4.56. The topological polar surface area (TPSA) is 71.3 Å². The van der Waals surface area contributed by atoms with Gasteiger partial charge in [0.1, 0.15) is 0 Å². The third kappa shape index (κ3) is 4.07. The molecule has 0 atom stereocenters. The molecule has 21 heavy (non-hydrogen) atoms. The summed E-state index contributed by atoms with van der Waals surface area (Å²) in [4.78, 5) is 23.6. The molecule has 108 valence electrons. The molecule has 0 aliphatic carbocycles. The van der Waals surface area contributed by atoms with Gasteiger partial charge >= 0.3 is 5.91 Å². The molecule has 2 rings (SSSR count). The molecule has 0 spiro atoms. The van der Waals surface area contributed by atoms with Gasteiger partial charge in [-0.15, -0.1) is 0 Å². The number of carbonyl (C=O) groups is 2. The first-order chi connectivity index (χ1) is 10.1. The van der Waals surface area contributed by atoms with Crippen molar-refractivity contribution in [1.29, 1.82) is 0 Å². The Bertz CT molecular complexity index is 655. The molecule has 1 heterocycles. The van der Waals surface area contributed by atoms with E-state index in [1.165, 1.54) is 12.3 Å². The Morgan fingerprint density at radius 1 is 1.10 bits per heavy atom. The van der Waals surface area contributed by atoms with E-state index in [0.29, 0.717) is 11.3 Å². The molecule has 0 fully saturated rings. The second-order valence-corrected chi connectivity index (χ2v) is 4.61. The highest BCUT2D eigenvalue weighted by Gasteiger charge is 2.08. The summed E-state index contributed by atoms with van der Waals surface area (Å²) >= 11 is 0. The van der Waals surface area contributed by atoms with Crippen molar-refractivity contribution in [2.24, 2.45) is 0 Å². The largest absolute Gasteiger partial charge is 0.459 e. The van der Waals surface area contributed by atoms with Gasteiger partial charge in [0.05, 0.1) is 6.26 Å². The van der Waals surface area contributed by atoms with E-state index in [1.54, 1.807) is 31.2 Å². The molecule has 0 bridgehead atoms. The maximum absolute atomic E-state index is 12.0. The van der Waals surface area contributed by atoms with Crippen LogP contribution in [-0.2, 0) is 0 Å². The molecule has 5 nitrogen and oxygen atoms in total. The summed E-state index contributed by atoms with van der Waals surface area (Å²) < 4.78 is 4.95. The van der Waals surface area contributed by atoms with Gasteiger partial charge < -0.3 is 9.84 Å². The van der Waals surface area contributed by atoms with Crippen molar-refractivity contribution in [2.75, 3.05) is 0 Å². The van der Waals surface area contributed by atoms with Crippen LogP contribution in [0.2, 0.25) is 0 Å². The maximum atomic E-state index is 12.0. The Morgan fingerprint density at radius 2 is 1.81 bits per heavy atom. The van der Waals surface area contributed by atoms with Crippen molar-refractivity contribution in [3.8, 4) is 0 Å². The number of benzene rings is 1. The van der Waals surface area contributed by atoms with Crippen LogP contribution in [0.4, 0.5) is 0 Å². The molecular formula is C16H16N2O3. The van der Waals surface area contributed by atoms with E-state index in [-0.39, 0.29) is 11.5 Å². The number of ketones is 1. The van der Waals surface area contributed by atoms with E-state index in [1.807, 2.05) is 19.1 Å². The second-order valence-electron chi connectivity index (χ2n) is 4.61. The molecule has 0 radical (unpaired) electrons. The lowest BCUT2D eigenvalue weighted by Gasteiger charge is -2.07. The molecule has 1 amide bonds. The second kappa shape index (κ2) is 6.56. The first kappa shape index (κ1) is 14.6. The minimum atomic E-state index is -0.407. The molecule has 1 aromatic carbocycles. The number of allylic oxidation sites excluding steroid dienone is 2. The molecule has 0 aliphatic heterocycles. The average Bonchev–Trinajstić information content (AvgIpc) is 2.99. The Hall–Kier alpha value is -2.82. The third-order valence-corrected chi connectivity index (χ3v) is 2.80. The summed E-state index contributed by atoms with van der Waals surface area (Å²) in [5.41, 5.74) is 7.33. The molecular weight excluding hydrogens is 268 g/mol. The predicted octanol–water partition coefficient (Wildman–Crippen LogP) is 2.61. The SMILES string of the molecule is C/C(=C/C(=O)c1ccc(C)cc1)NNC(=O)c1ccco1. The number of carbonyl (C=O) groups excluding carboxylic acids is 2. The normalized spacial score (nSPS) is 11.0. The fraction of sp³-hybridized carbons (Fsp3) is 0.125. The number of hydrogen-bond donors (Lipinski definition) is 2. The van der Waals surface area contributed by atoms with Gasteiger partial charge in [-0.05, 0) is 26.0 Å². The van der Waals surface area contributed by atoms with E-state index in [0.717, 1.165) is 5.56 Å². The van der Waals surface area contributed by atoms with E-state index < -0.39 is 5.91 Å². The van der Waals surface area contributed by atoms with Crippen molar-refractivity contribution in [2.45, 2.75) is 13.8 Å². The number of amides is 1. The van der Waals surface area contributed by atoms with E-state index in [2.05, 4.69) is 10.9 Å². The highest BCUT2D eigenvalue weighted by molar-refractivity contribution is 6.04. The number of aryl methyl sites for hydroxylation is 1. The first-order valence-corrected chi connectivity index (χ1v) is 6.45. The number of nitrogens with one attached hydrogen (secondary N) is 2. The third-order valence-electron chi connectivity index (χ3n) is 2.80. The maximum Gasteiger partial charge on any atom is 0.305 e. The molecule has 0 saturated carbocycles. The smallest absolute Gasteiger partial charge is 0.305 e. The lowest BCUT2D eigenvalue weighted by Crippen LogP contribution is -2.36. The number of furan rings is 1. The molecule has 2 N–H and O–H groups in total. The molecule has 0 unspecified atom stereocenters. The number of rotatable bonds is 5. The van der Waals surface area contributed by atoms with Crippen LogP contribution in [0.5, 0.6) is 0 Å². The van der Waals surface area contributed by atoms with E-state index in [9.17, 15) is 9.59 Å². The van der Waals surface area contributed by atoms with Crippen LogP contribution >= 0.6 is 0 Å². The van der Waals surface area contributed by atoms with Crippen LogP contribution in [0.3, 0.4) is 0 Å². The summed E-state index contributed by atoms with van der Waals surface area (Å²) in [5.74, 6) is -0.344. The first-order valence-electron chi connectivity index (χ1n) is 6.45. The molecule has 2 aromatic rings. The van der Waals surface area contributed by atoms with E-state index in [4.69, 9.17) is 4.42 Å². The van der Waals surface area contributed by atoms with E-state index >= 15 is 0 Å². The zero-order chi connectivity index (χ0) is 15.2. The summed E-state index contributed by atoms with van der Waals surface area (Å²) in [6, 6.07) is 10.5. The van der Waals surface area contributed by atoms with Gasteiger partial charge in [0.25, 0.3) is 0 Å². The molecule has 0 aliphatic rings. The highest BCUT2D eigenvalue weighted by Crippen LogP contribution is 2.05. The fourth-order valence-corrected chi connectivity index (χ4v) is 1.66. The molecule has 0 saturated heterocycles. The summed E-state index contributed by atoms with van der Waals surface area (Å²) in [5, 5.41) is 0. The number of hydrogen-bond acceptors (Lipinski definition) is 4. The van der Waals surface area contributed by atoms with Crippen molar-refractivity contribution in [3.63, 3.8) is 0 Å². The monoisotopic (exact) mass is 284 g/mol. The van der Waals surface area contributed by atoms with Gasteiger partial charge in [-0.3, -0.25) is 15.0 Å². The summed E-state index contributed by atoms with van der Waals surface area (Å²) in [6.45, 7) is 3.65. The van der Waals surface area contributed by atoms with Gasteiger partial charge in [-0.1, -0.05) is 29.8 Å². The fourth-order valence-electron chi connectivity index (χ4n) is 1.66. The Morgan fingerprint density at radius 3 is 2.43 bits per heavy atom. The quantitative estimate of drug-likeness (QED) is 0.503. The zero-order valence-electron chi connectivity index (χ0n) is 11.8. The van der Waals surface area contributed by atoms with Crippen molar-refractivity contribution in [3.05, 3.63) is 71.3 Å². The van der Waals surface area contributed by atoms with Crippen LogP contribution in [0.25, 0.3) is 0 Å². The molecule has 1 aromatic heterocycles. The van der Waals surface area contributed by atoms with Crippen LogP contribution in [0, 0.1) is 6.92 Å². The lowest BCUT2D eigenvalue weighted by molar-refractivity contribution is 0.0909. The average molecular weight is 284 g/mol. The van der Waals surface area contributed by atoms with Crippen LogP contribution in [0.15, 0.2) is 58.9 Å². The summed E-state index contributed by atoms with van der Waals surface area (Å²) in [7, 11) is 0. The Balaban J connectivity index is 1.93. The van der Waals surface area contributed by atoms with Crippen molar-refractivity contribution >= 4 is 11.7 Å². The highest BCUT2D eigenvalue weighted by atomic mass is 16.3. The number of hydrazine groups is 1. The minimum Gasteiger partial charge on any atom is -0.459 e. The van der Waals surface area contributed by atoms with Gasteiger partial charge in [-0.25, -0.2) is 0 Å². The standard InChI is InChI=1S/C16H16N2O3/c1-11-5-7-13(8-6-11)14(19)10-12(2)17-18-16(20)15-4-3-9-21-15/h3-10,17H,1-2H3,(H,18,20)/b12-10-. The minimum absolute atomic E-state index is 0.132. The van der Waals surface area contributed by atoms with Crippen LogP contribution in [-0.4, -0.2) is 11.7 Å². The van der Waals surface area contributed by atoms with Gasteiger partial charge in [0.2, 0.25) is 0 Å². The van der Waals surface area contributed by atoms with Gasteiger partial charge in [0, 0.05) is 17.3 Å². The molecule has 5 heteroatoms. The lowest BCUT2D eigenvalue weighted by atomic mass is 10.1. The predicted molar refractivity (Wildman–Crippen MR) is 78.6 cm³/mol. The summed E-state index contributed by atoms with van der Waals surface area (Å²) in [6.07, 6.45) is 2.84. The van der Waals surface area contributed by atoms with Crippen LogP contribution < -0.4 is 10.9 Å². The van der Waals surface area contributed by atoms with Crippen molar-refractivity contribution in [1.82, 2.24) is 10.9 Å².